The SMILES string of the molecule is Cc1ccc(NC(=O)CNC(=O)CC23CC4CC(CC(C4)C2)C3)cc1. The summed E-state index contributed by atoms with van der Waals surface area (Å²) in [5.74, 6) is 2.43. The van der Waals surface area contributed by atoms with E-state index in [2.05, 4.69) is 10.6 Å². The second kappa shape index (κ2) is 6.47. The minimum absolute atomic E-state index is 0.0426. The number of aryl methyl sites for hydroxylation is 1. The number of hydrogen-bond donors (Lipinski definition) is 2. The van der Waals surface area contributed by atoms with Crippen LogP contribution in [0.3, 0.4) is 0 Å². The lowest BCUT2D eigenvalue weighted by atomic mass is 9.49. The zero-order valence-electron chi connectivity index (χ0n) is 15.0. The van der Waals surface area contributed by atoms with Crippen molar-refractivity contribution in [3.63, 3.8) is 0 Å². The van der Waals surface area contributed by atoms with Gasteiger partial charge in [-0.2, -0.15) is 0 Å². The minimum atomic E-state index is -0.164. The smallest absolute Gasteiger partial charge is 0.243 e. The van der Waals surface area contributed by atoms with Gasteiger partial charge in [-0.1, -0.05) is 17.7 Å². The molecule has 4 aliphatic carbocycles. The van der Waals surface area contributed by atoms with E-state index < -0.39 is 0 Å². The molecule has 0 aliphatic heterocycles. The topological polar surface area (TPSA) is 58.2 Å². The Balaban J connectivity index is 1.26. The van der Waals surface area contributed by atoms with Gasteiger partial charge in [0.25, 0.3) is 0 Å². The predicted octanol–water partition coefficient (Wildman–Crippen LogP) is 3.66. The third kappa shape index (κ3) is 3.73. The first kappa shape index (κ1) is 16.6. The maximum Gasteiger partial charge on any atom is 0.243 e. The van der Waals surface area contributed by atoms with Crippen LogP contribution < -0.4 is 10.6 Å². The fourth-order valence-corrected chi connectivity index (χ4v) is 5.93. The highest BCUT2D eigenvalue weighted by Gasteiger charge is 2.51. The Morgan fingerprint density at radius 1 is 0.960 bits per heavy atom. The molecule has 0 spiro atoms. The summed E-state index contributed by atoms with van der Waals surface area (Å²) in [4.78, 5) is 24.5. The Hall–Kier alpha value is -1.84. The minimum Gasteiger partial charge on any atom is -0.347 e. The summed E-state index contributed by atoms with van der Waals surface area (Å²) < 4.78 is 0. The van der Waals surface area contributed by atoms with Crippen LogP contribution in [0.5, 0.6) is 0 Å². The van der Waals surface area contributed by atoms with E-state index in [0.29, 0.717) is 6.42 Å². The van der Waals surface area contributed by atoms with E-state index in [1.165, 1.54) is 38.5 Å². The van der Waals surface area contributed by atoms with Crippen LogP contribution in [0.25, 0.3) is 0 Å². The standard InChI is InChI=1S/C21H28N2O2/c1-14-2-4-18(5-3-14)23-20(25)13-22-19(24)12-21-9-15-6-16(10-21)8-17(7-15)11-21/h2-5,15-17H,6-13H2,1H3,(H,22,24)(H,23,25). The molecule has 1 aromatic rings. The fourth-order valence-electron chi connectivity index (χ4n) is 5.93. The molecule has 5 rings (SSSR count). The molecule has 134 valence electrons. The first-order chi connectivity index (χ1) is 12.0. The molecule has 2 N–H and O–H groups in total. The number of carbonyl (C=O) groups is 2. The third-order valence-corrected chi connectivity index (χ3v) is 6.48. The van der Waals surface area contributed by atoms with E-state index >= 15 is 0 Å². The number of carbonyl (C=O) groups excluding carboxylic acids is 2. The van der Waals surface area contributed by atoms with E-state index in [4.69, 9.17) is 0 Å². The van der Waals surface area contributed by atoms with Gasteiger partial charge in [0.05, 0.1) is 6.54 Å². The van der Waals surface area contributed by atoms with E-state index in [9.17, 15) is 9.59 Å². The molecule has 4 saturated carbocycles. The van der Waals surface area contributed by atoms with Crippen molar-refractivity contribution in [1.82, 2.24) is 5.32 Å². The summed E-state index contributed by atoms with van der Waals surface area (Å²) in [7, 11) is 0. The van der Waals surface area contributed by atoms with Crippen LogP contribution in [-0.4, -0.2) is 18.4 Å². The second-order valence-corrected chi connectivity index (χ2v) is 8.79. The van der Waals surface area contributed by atoms with Gasteiger partial charge in [-0.15, -0.1) is 0 Å². The van der Waals surface area contributed by atoms with Crippen molar-refractivity contribution in [2.45, 2.75) is 51.9 Å². The normalized spacial score (nSPS) is 32.4. The zero-order valence-corrected chi connectivity index (χ0v) is 15.0. The monoisotopic (exact) mass is 340 g/mol. The molecular weight excluding hydrogens is 312 g/mol. The van der Waals surface area contributed by atoms with E-state index in [1.807, 2.05) is 31.2 Å². The predicted molar refractivity (Wildman–Crippen MR) is 98.0 cm³/mol. The third-order valence-electron chi connectivity index (χ3n) is 6.48. The Kier molecular flexibility index (Phi) is 4.30. The molecule has 4 heteroatoms. The molecule has 0 saturated heterocycles. The molecule has 0 radical (unpaired) electrons. The van der Waals surface area contributed by atoms with Crippen LogP contribution in [0.4, 0.5) is 5.69 Å². The van der Waals surface area contributed by atoms with Gasteiger partial charge in [-0.05, 0) is 80.8 Å². The molecule has 1 aromatic carbocycles. The molecule has 0 atom stereocenters. The van der Waals surface area contributed by atoms with Crippen molar-refractivity contribution < 1.29 is 9.59 Å². The van der Waals surface area contributed by atoms with Crippen LogP contribution >= 0.6 is 0 Å². The van der Waals surface area contributed by atoms with Crippen molar-refractivity contribution in [3.8, 4) is 0 Å². The maximum absolute atomic E-state index is 12.4. The lowest BCUT2D eigenvalue weighted by molar-refractivity contribution is -0.131. The summed E-state index contributed by atoms with van der Waals surface area (Å²) in [6, 6.07) is 7.68. The highest BCUT2D eigenvalue weighted by molar-refractivity contribution is 5.94. The molecular formula is C21H28N2O2. The first-order valence-electron chi connectivity index (χ1n) is 9.63. The molecule has 4 aliphatic rings. The van der Waals surface area contributed by atoms with Gasteiger partial charge in [0, 0.05) is 12.1 Å². The molecule has 4 nitrogen and oxygen atoms in total. The van der Waals surface area contributed by atoms with E-state index in [-0.39, 0.29) is 23.8 Å². The van der Waals surface area contributed by atoms with Gasteiger partial charge in [-0.3, -0.25) is 9.59 Å². The summed E-state index contributed by atoms with van der Waals surface area (Å²) in [5.41, 5.74) is 2.15. The highest BCUT2D eigenvalue weighted by atomic mass is 16.2. The number of nitrogens with one attached hydrogen (secondary N) is 2. The van der Waals surface area contributed by atoms with Crippen LogP contribution in [0.15, 0.2) is 24.3 Å². The lowest BCUT2D eigenvalue weighted by Crippen LogP contribution is -2.48. The summed E-state index contributed by atoms with van der Waals surface area (Å²) in [6.07, 6.45) is 8.44. The van der Waals surface area contributed by atoms with Crippen LogP contribution in [0, 0.1) is 30.1 Å². The summed E-state index contributed by atoms with van der Waals surface area (Å²) in [5, 5.41) is 5.67. The second-order valence-electron chi connectivity index (χ2n) is 8.79. The van der Waals surface area contributed by atoms with Crippen molar-refractivity contribution in [3.05, 3.63) is 29.8 Å². The van der Waals surface area contributed by atoms with Crippen molar-refractivity contribution >= 4 is 17.5 Å². The molecule has 0 unspecified atom stereocenters. The van der Waals surface area contributed by atoms with Gasteiger partial charge in [0.2, 0.25) is 11.8 Å². The van der Waals surface area contributed by atoms with Gasteiger partial charge < -0.3 is 10.6 Å². The zero-order chi connectivity index (χ0) is 17.4. The van der Waals surface area contributed by atoms with Crippen molar-refractivity contribution in [2.75, 3.05) is 11.9 Å². The summed E-state index contributed by atoms with van der Waals surface area (Å²) >= 11 is 0. The maximum atomic E-state index is 12.4. The average Bonchev–Trinajstić information content (AvgIpc) is 2.53. The van der Waals surface area contributed by atoms with Gasteiger partial charge in [-0.25, -0.2) is 0 Å². The lowest BCUT2D eigenvalue weighted by Gasteiger charge is -2.56. The first-order valence-corrected chi connectivity index (χ1v) is 9.63. The molecule has 4 bridgehead atoms. The molecule has 0 heterocycles. The van der Waals surface area contributed by atoms with Gasteiger partial charge >= 0.3 is 0 Å². The Labute approximate surface area is 149 Å². The molecule has 0 aromatic heterocycles. The Bertz CT molecular complexity index is 630. The number of rotatable bonds is 5. The summed E-state index contributed by atoms with van der Waals surface area (Å²) in [6.45, 7) is 2.06. The number of hydrogen-bond acceptors (Lipinski definition) is 2. The van der Waals surface area contributed by atoms with E-state index in [0.717, 1.165) is 29.0 Å². The van der Waals surface area contributed by atoms with Crippen LogP contribution in [0.1, 0.15) is 50.5 Å². The number of anilines is 1. The quantitative estimate of drug-likeness (QED) is 0.859. The van der Waals surface area contributed by atoms with Crippen LogP contribution in [-0.2, 0) is 9.59 Å². The fraction of sp³-hybridized carbons (Fsp3) is 0.619. The average molecular weight is 340 g/mol. The van der Waals surface area contributed by atoms with Crippen molar-refractivity contribution in [1.29, 1.82) is 0 Å². The highest BCUT2D eigenvalue weighted by Crippen LogP contribution is 2.61. The molecule has 2 amide bonds. The van der Waals surface area contributed by atoms with Gasteiger partial charge in [0.15, 0.2) is 0 Å². The van der Waals surface area contributed by atoms with Crippen LogP contribution in [0.2, 0.25) is 0 Å². The van der Waals surface area contributed by atoms with Crippen molar-refractivity contribution in [2.24, 2.45) is 23.2 Å². The van der Waals surface area contributed by atoms with Gasteiger partial charge in [0.1, 0.15) is 0 Å². The number of benzene rings is 1. The molecule has 25 heavy (non-hydrogen) atoms. The Morgan fingerprint density at radius 3 is 2.08 bits per heavy atom. The largest absolute Gasteiger partial charge is 0.347 e. The number of amides is 2. The Morgan fingerprint density at radius 2 is 1.52 bits per heavy atom. The molecule has 4 fully saturated rings. The van der Waals surface area contributed by atoms with E-state index in [1.54, 1.807) is 0 Å².